The number of sulfone groups is 1. The average molecular weight is 190 g/mol. The van der Waals surface area contributed by atoms with Gasteiger partial charge >= 0.3 is 0 Å². The molecule has 0 aliphatic heterocycles. The second kappa shape index (κ2) is 3.85. The average Bonchev–Trinajstić information content (AvgIpc) is 1.82. The first kappa shape index (κ1) is 11.4. The van der Waals surface area contributed by atoms with E-state index in [2.05, 4.69) is 6.58 Å². The van der Waals surface area contributed by atoms with Crippen LogP contribution in [0.3, 0.4) is 0 Å². The van der Waals surface area contributed by atoms with Crippen LogP contribution in [-0.2, 0) is 14.6 Å². The van der Waals surface area contributed by atoms with E-state index in [1.54, 1.807) is 13.8 Å². The summed E-state index contributed by atoms with van der Waals surface area (Å²) in [6.45, 7) is 6.87. The van der Waals surface area contributed by atoms with E-state index in [1.165, 1.54) is 0 Å². The molecule has 0 N–H and O–H groups in total. The minimum absolute atomic E-state index is 0.174. The second-order valence-electron chi connectivity index (χ2n) is 3.19. The van der Waals surface area contributed by atoms with Crippen molar-refractivity contribution in [3.63, 3.8) is 0 Å². The van der Waals surface area contributed by atoms with Crippen molar-refractivity contribution in [2.75, 3.05) is 12.0 Å². The zero-order valence-corrected chi connectivity index (χ0v) is 8.44. The number of rotatable bonds is 4. The summed E-state index contributed by atoms with van der Waals surface area (Å²) < 4.78 is 21.5. The molecule has 0 rings (SSSR count). The van der Waals surface area contributed by atoms with Gasteiger partial charge in [-0.05, 0) is 0 Å². The Kier molecular flexibility index (Phi) is 3.64. The molecule has 0 aliphatic carbocycles. The van der Waals surface area contributed by atoms with Gasteiger partial charge in [0, 0.05) is 17.7 Å². The Morgan fingerprint density at radius 1 is 1.42 bits per heavy atom. The quantitative estimate of drug-likeness (QED) is 0.616. The zero-order valence-electron chi connectivity index (χ0n) is 7.62. The fraction of sp³-hybridized carbons (Fsp3) is 0.625. The van der Waals surface area contributed by atoms with Gasteiger partial charge in [0.1, 0.15) is 0 Å². The first-order valence-electron chi connectivity index (χ1n) is 3.63. The van der Waals surface area contributed by atoms with E-state index in [9.17, 15) is 13.2 Å². The van der Waals surface area contributed by atoms with Gasteiger partial charge < -0.3 is 0 Å². The van der Waals surface area contributed by atoms with Crippen LogP contribution in [0.25, 0.3) is 0 Å². The summed E-state index contributed by atoms with van der Waals surface area (Å²) in [5.41, 5.74) is 0.174. The lowest BCUT2D eigenvalue weighted by Gasteiger charge is -2.05. The lowest BCUT2D eigenvalue weighted by atomic mass is 10.0. The second-order valence-corrected chi connectivity index (χ2v) is 5.33. The first-order valence-corrected chi connectivity index (χ1v) is 5.70. The van der Waals surface area contributed by atoms with Crippen LogP contribution in [0, 0.1) is 5.92 Å². The molecule has 3 nitrogen and oxygen atoms in total. The highest BCUT2D eigenvalue weighted by Gasteiger charge is 2.15. The summed E-state index contributed by atoms with van der Waals surface area (Å²) >= 11 is 0. The van der Waals surface area contributed by atoms with Gasteiger partial charge in [-0.15, -0.1) is 0 Å². The van der Waals surface area contributed by atoms with Crippen molar-refractivity contribution in [1.29, 1.82) is 0 Å². The molecule has 0 amide bonds. The summed E-state index contributed by atoms with van der Waals surface area (Å²) in [5.74, 6) is -0.594. The van der Waals surface area contributed by atoms with Crippen molar-refractivity contribution in [3.8, 4) is 0 Å². The highest BCUT2D eigenvalue weighted by Crippen LogP contribution is 2.05. The number of carbonyl (C=O) groups excluding carboxylic acids is 1. The van der Waals surface area contributed by atoms with Crippen LogP contribution in [0.15, 0.2) is 12.2 Å². The molecule has 0 spiro atoms. The third-order valence-electron chi connectivity index (χ3n) is 1.31. The van der Waals surface area contributed by atoms with E-state index >= 15 is 0 Å². The molecule has 0 radical (unpaired) electrons. The van der Waals surface area contributed by atoms with Crippen LogP contribution >= 0.6 is 0 Å². The molecule has 0 unspecified atom stereocenters. The molecule has 0 aromatic heterocycles. The molecule has 0 heterocycles. The molecule has 0 saturated carbocycles. The molecule has 12 heavy (non-hydrogen) atoms. The molecule has 4 heteroatoms. The van der Waals surface area contributed by atoms with E-state index in [1.807, 2.05) is 0 Å². The molecular formula is C8H14O3S. The fourth-order valence-electron chi connectivity index (χ4n) is 0.796. The van der Waals surface area contributed by atoms with Crippen LogP contribution in [0.5, 0.6) is 0 Å². The maximum atomic E-state index is 11.2. The Labute approximate surface area is 73.4 Å². The largest absolute Gasteiger partial charge is 0.294 e. The predicted molar refractivity (Wildman–Crippen MR) is 48.7 cm³/mol. The van der Waals surface area contributed by atoms with Gasteiger partial charge in [0.05, 0.1) is 5.75 Å². The maximum absolute atomic E-state index is 11.2. The summed E-state index contributed by atoms with van der Waals surface area (Å²) in [6, 6.07) is 0. The summed E-state index contributed by atoms with van der Waals surface area (Å²) in [6.07, 6.45) is 1.09. The Morgan fingerprint density at radius 3 is 2.08 bits per heavy atom. The molecule has 0 bridgehead atoms. The van der Waals surface area contributed by atoms with Gasteiger partial charge in [-0.2, -0.15) is 0 Å². The van der Waals surface area contributed by atoms with Gasteiger partial charge in [-0.1, -0.05) is 20.4 Å². The Balaban J connectivity index is 4.36. The summed E-state index contributed by atoms with van der Waals surface area (Å²) in [4.78, 5) is 11.2. The molecule has 70 valence electrons. The smallest absolute Gasteiger partial charge is 0.161 e. The predicted octanol–water partition coefficient (Wildman–Crippen LogP) is 0.812. The lowest BCUT2D eigenvalue weighted by Crippen LogP contribution is -2.16. The number of hydrogen-bond acceptors (Lipinski definition) is 3. The zero-order chi connectivity index (χ0) is 9.94. The number of Topliss-reactive ketones (excluding diaryl/α,β-unsaturated/α-hetero) is 1. The molecule has 0 aromatic rings. The van der Waals surface area contributed by atoms with Gasteiger partial charge in [0.25, 0.3) is 0 Å². The van der Waals surface area contributed by atoms with E-state index in [0.29, 0.717) is 0 Å². The van der Waals surface area contributed by atoms with Crippen LogP contribution in [0.2, 0.25) is 0 Å². The van der Waals surface area contributed by atoms with Crippen LogP contribution in [0.4, 0.5) is 0 Å². The van der Waals surface area contributed by atoms with Gasteiger partial charge in [-0.3, -0.25) is 4.79 Å². The van der Waals surface area contributed by atoms with Crippen LogP contribution in [-0.4, -0.2) is 26.2 Å². The molecular weight excluding hydrogens is 176 g/mol. The van der Waals surface area contributed by atoms with Crippen molar-refractivity contribution in [2.24, 2.45) is 5.92 Å². The monoisotopic (exact) mass is 190 g/mol. The van der Waals surface area contributed by atoms with E-state index in [4.69, 9.17) is 0 Å². The van der Waals surface area contributed by atoms with E-state index in [0.717, 1.165) is 6.26 Å². The van der Waals surface area contributed by atoms with E-state index in [-0.39, 0.29) is 23.0 Å². The Bertz CT molecular complexity index is 285. The third kappa shape index (κ3) is 4.28. The minimum atomic E-state index is -3.12. The molecule has 0 fully saturated rings. The van der Waals surface area contributed by atoms with Crippen molar-refractivity contribution in [2.45, 2.75) is 13.8 Å². The summed E-state index contributed by atoms with van der Waals surface area (Å²) in [7, 11) is -3.12. The van der Waals surface area contributed by atoms with Crippen molar-refractivity contribution >= 4 is 15.6 Å². The topological polar surface area (TPSA) is 51.2 Å². The summed E-state index contributed by atoms with van der Waals surface area (Å²) in [5, 5.41) is 0. The Morgan fingerprint density at radius 2 is 1.83 bits per heavy atom. The number of carbonyl (C=O) groups is 1. The minimum Gasteiger partial charge on any atom is -0.294 e. The number of ketones is 1. The lowest BCUT2D eigenvalue weighted by molar-refractivity contribution is -0.118. The van der Waals surface area contributed by atoms with Gasteiger partial charge in [-0.25, -0.2) is 8.42 Å². The van der Waals surface area contributed by atoms with E-state index < -0.39 is 9.84 Å². The van der Waals surface area contributed by atoms with Gasteiger partial charge in [0.15, 0.2) is 15.6 Å². The SMILES string of the molecule is C=C(CS(C)(=O)=O)C(=O)C(C)C. The molecule has 0 aromatic carbocycles. The number of hydrogen-bond donors (Lipinski definition) is 0. The first-order chi connectivity index (χ1) is 5.24. The fourth-order valence-corrected chi connectivity index (χ4v) is 1.57. The molecule has 0 saturated heterocycles. The standard InChI is InChI=1S/C8H14O3S/c1-6(2)8(9)7(3)5-12(4,10)11/h6H,3,5H2,1-2,4H3. The van der Waals surface area contributed by atoms with Crippen LogP contribution in [0.1, 0.15) is 13.8 Å². The highest BCUT2D eigenvalue weighted by molar-refractivity contribution is 7.90. The van der Waals surface area contributed by atoms with Crippen molar-refractivity contribution in [1.82, 2.24) is 0 Å². The van der Waals surface area contributed by atoms with Crippen LogP contribution < -0.4 is 0 Å². The van der Waals surface area contributed by atoms with Gasteiger partial charge in [0.2, 0.25) is 0 Å². The third-order valence-corrected chi connectivity index (χ3v) is 2.18. The maximum Gasteiger partial charge on any atom is 0.161 e. The molecule has 0 aliphatic rings. The Hall–Kier alpha value is -0.640. The normalized spacial score (nSPS) is 11.7. The molecule has 0 atom stereocenters. The highest BCUT2D eigenvalue weighted by atomic mass is 32.2. The van der Waals surface area contributed by atoms with Crippen molar-refractivity contribution in [3.05, 3.63) is 12.2 Å². The van der Waals surface area contributed by atoms with Crippen molar-refractivity contribution < 1.29 is 13.2 Å².